The summed E-state index contributed by atoms with van der Waals surface area (Å²) in [6, 6.07) is 0. The van der Waals surface area contributed by atoms with Crippen molar-refractivity contribution in [3.63, 3.8) is 0 Å². The van der Waals surface area contributed by atoms with Crippen molar-refractivity contribution in [3.8, 4) is 0 Å². The van der Waals surface area contributed by atoms with Crippen LogP contribution < -0.4 is 5.73 Å². The third-order valence-electron chi connectivity index (χ3n) is 2.05. The lowest BCUT2D eigenvalue weighted by Gasteiger charge is -2.06. The van der Waals surface area contributed by atoms with E-state index in [1.165, 1.54) is 0 Å². The van der Waals surface area contributed by atoms with Crippen molar-refractivity contribution in [1.82, 2.24) is 0 Å². The Kier molecular flexibility index (Phi) is 7.69. The van der Waals surface area contributed by atoms with Crippen molar-refractivity contribution in [1.29, 1.82) is 0 Å². The zero-order valence-electron chi connectivity index (χ0n) is 8.71. The van der Waals surface area contributed by atoms with Gasteiger partial charge >= 0.3 is 0 Å². The van der Waals surface area contributed by atoms with Gasteiger partial charge in [-0.3, -0.25) is 4.79 Å². The molecule has 78 valence electrons. The van der Waals surface area contributed by atoms with Gasteiger partial charge in [0.25, 0.3) is 0 Å². The minimum atomic E-state index is -0.214. The van der Waals surface area contributed by atoms with Gasteiger partial charge in [-0.15, -0.1) is 0 Å². The molecule has 0 radical (unpaired) electrons. The molecule has 0 aliphatic heterocycles. The largest absolute Gasteiger partial charge is 0.381 e. The molecule has 0 fully saturated rings. The predicted molar refractivity (Wildman–Crippen MR) is 53.3 cm³/mol. The van der Waals surface area contributed by atoms with Gasteiger partial charge in [0.15, 0.2) is 0 Å². The fraction of sp³-hybridized carbons (Fsp3) is 0.900. The number of primary amides is 1. The number of carbonyl (C=O) groups excluding carboxylic acids is 1. The first-order valence-electron chi connectivity index (χ1n) is 5.05. The third kappa shape index (κ3) is 7.78. The Morgan fingerprint density at radius 3 is 2.54 bits per heavy atom. The summed E-state index contributed by atoms with van der Waals surface area (Å²) in [4.78, 5) is 10.6. The van der Waals surface area contributed by atoms with Crippen molar-refractivity contribution in [2.24, 2.45) is 11.7 Å². The van der Waals surface area contributed by atoms with E-state index in [1.54, 1.807) is 0 Å². The van der Waals surface area contributed by atoms with Crippen LogP contribution >= 0.6 is 0 Å². The van der Waals surface area contributed by atoms with E-state index in [-0.39, 0.29) is 11.8 Å². The van der Waals surface area contributed by atoms with Crippen molar-refractivity contribution >= 4 is 5.91 Å². The van der Waals surface area contributed by atoms with E-state index in [0.29, 0.717) is 0 Å². The molecule has 0 aromatic carbocycles. The average Bonchev–Trinajstić information content (AvgIpc) is 2.10. The molecular weight excluding hydrogens is 166 g/mol. The van der Waals surface area contributed by atoms with E-state index >= 15 is 0 Å². The summed E-state index contributed by atoms with van der Waals surface area (Å²) in [7, 11) is 0. The summed E-state index contributed by atoms with van der Waals surface area (Å²) in [5.74, 6) is -0.233. The van der Waals surface area contributed by atoms with Crippen LogP contribution in [0.5, 0.6) is 0 Å². The highest BCUT2D eigenvalue weighted by molar-refractivity contribution is 5.76. The third-order valence-corrected chi connectivity index (χ3v) is 2.05. The monoisotopic (exact) mass is 187 g/mol. The van der Waals surface area contributed by atoms with E-state index in [1.807, 2.05) is 6.92 Å². The van der Waals surface area contributed by atoms with Gasteiger partial charge < -0.3 is 10.5 Å². The molecule has 3 nitrogen and oxygen atoms in total. The standard InChI is InChI=1S/C10H21NO2/c1-3-4-7-13-8-5-6-9(2)10(11)12/h9H,3-8H2,1-2H3,(H2,11,12)/t9-/m0/s1. The van der Waals surface area contributed by atoms with Crippen LogP contribution in [0.15, 0.2) is 0 Å². The Morgan fingerprint density at radius 1 is 1.38 bits per heavy atom. The van der Waals surface area contributed by atoms with Crippen LogP contribution in [0.25, 0.3) is 0 Å². The molecule has 0 aromatic rings. The van der Waals surface area contributed by atoms with Gasteiger partial charge in [-0.25, -0.2) is 0 Å². The quantitative estimate of drug-likeness (QED) is 0.588. The number of ether oxygens (including phenoxy) is 1. The van der Waals surface area contributed by atoms with Crippen LogP contribution in [0.3, 0.4) is 0 Å². The van der Waals surface area contributed by atoms with Crippen LogP contribution in [0, 0.1) is 5.92 Å². The molecule has 2 N–H and O–H groups in total. The highest BCUT2D eigenvalue weighted by atomic mass is 16.5. The average molecular weight is 187 g/mol. The highest BCUT2D eigenvalue weighted by Gasteiger charge is 2.06. The molecule has 13 heavy (non-hydrogen) atoms. The molecule has 0 aliphatic rings. The molecule has 1 amide bonds. The Labute approximate surface area is 80.6 Å². The minimum absolute atomic E-state index is 0.0187. The number of unbranched alkanes of at least 4 members (excludes halogenated alkanes) is 1. The van der Waals surface area contributed by atoms with Crippen molar-refractivity contribution in [2.45, 2.75) is 39.5 Å². The van der Waals surface area contributed by atoms with Crippen LogP contribution in [0.2, 0.25) is 0 Å². The van der Waals surface area contributed by atoms with E-state index < -0.39 is 0 Å². The van der Waals surface area contributed by atoms with Gasteiger partial charge in [-0.2, -0.15) is 0 Å². The fourth-order valence-corrected chi connectivity index (χ4v) is 0.982. The first-order valence-corrected chi connectivity index (χ1v) is 5.05. The van der Waals surface area contributed by atoms with Gasteiger partial charge in [0.1, 0.15) is 0 Å². The van der Waals surface area contributed by atoms with Crippen molar-refractivity contribution in [3.05, 3.63) is 0 Å². The predicted octanol–water partition coefficient (Wildman–Crippen LogP) is 1.70. The highest BCUT2D eigenvalue weighted by Crippen LogP contribution is 2.04. The molecule has 0 saturated carbocycles. The molecule has 0 unspecified atom stereocenters. The summed E-state index contributed by atoms with van der Waals surface area (Å²) >= 11 is 0. The molecule has 0 spiro atoms. The molecule has 0 saturated heterocycles. The molecule has 0 rings (SSSR count). The number of carbonyl (C=O) groups is 1. The molecule has 1 atom stereocenters. The number of nitrogens with two attached hydrogens (primary N) is 1. The summed E-state index contributed by atoms with van der Waals surface area (Å²) in [6.07, 6.45) is 4.04. The number of hydrogen-bond donors (Lipinski definition) is 1. The molecule has 0 heterocycles. The maximum absolute atomic E-state index is 10.6. The van der Waals surface area contributed by atoms with Crippen LogP contribution in [-0.2, 0) is 9.53 Å². The fourth-order valence-electron chi connectivity index (χ4n) is 0.982. The number of amides is 1. The maximum Gasteiger partial charge on any atom is 0.220 e. The Bertz CT molecular complexity index is 137. The van der Waals surface area contributed by atoms with E-state index in [0.717, 1.165) is 38.9 Å². The summed E-state index contributed by atoms with van der Waals surface area (Å²) in [5, 5.41) is 0. The van der Waals surface area contributed by atoms with Crippen molar-refractivity contribution in [2.75, 3.05) is 13.2 Å². The SMILES string of the molecule is CCCCOCCC[C@H](C)C(N)=O. The number of hydrogen-bond acceptors (Lipinski definition) is 2. The second-order valence-corrected chi connectivity index (χ2v) is 3.41. The van der Waals surface area contributed by atoms with Crippen LogP contribution in [0.4, 0.5) is 0 Å². The molecule has 0 aliphatic carbocycles. The Morgan fingerprint density at radius 2 is 2.00 bits per heavy atom. The lowest BCUT2D eigenvalue weighted by Crippen LogP contribution is -2.20. The van der Waals surface area contributed by atoms with E-state index in [4.69, 9.17) is 10.5 Å². The van der Waals surface area contributed by atoms with Gasteiger partial charge in [0.2, 0.25) is 5.91 Å². The van der Waals surface area contributed by atoms with Crippen LogP contribution in [0.1, 0.15) is 39.5 Å². The first-order chi connectivity index (χ1) is 6.18. The second kappa shape index (κ2) is 8.05. The zero-order valence-corrected chi connectivity index (χ0v) is 8.71. The van der Waals surface area contributed by atoms with E-state index in [9.17, 15) is 4.79 Å². The van der Waals surface area contributed by atoms with Gasteiger partial charge in [-0.1, -0.05) is 20.3 Å². The van der Waals surface area contributed by atoms with Crippen molar-refractivity contribution < 1.29 is 9.53 Å². The topological polar surface area (TPSA) is 52.3 Å². The first kappa shape index (κ1) is 12.4. The minimum Gasteiger partial charge on any atom is -0.381 e. The van der Waals surface area contributed by atoms with Gasteiger partial charge in [0.05, 0.1) is 0 Å². The lowest BCUT2D eigenvalue weighted by atomic mass is 10.1. The lowest BCUT2D eigenvalue weighted by molar-refractivity contribution is -0.121. The van der Waals surface area contributed by atoms with Gasteiger partial charge in [-0.05, 0) is 19.3 Å². The molecular formula is C10H21NO2. The second-order valence-electron chi connectivity index (χ2n) is 3.41. The summed E-state index contributed by atoms with van der Waals surface area (Å²) in [5.41, 5.74) is 5.12. The Balaban J connectivity index is 3.11. The maximum atomic E-state index is 10.6. The van der Waals surface area contributed by atoms with Crippen LogP contribution in [-0.4, -0.2) is 19.1 Å². The van der Waals surface area contributed by atoms with E-state index in [2.05, 4.69) is 6.92 Å². The molecule has 0 bridgehead atoms. The van der Waals surface area contributed by atoms with Gasteiger partial charge in [0, 0.05) is 19.1 Å². The molecule has 0 aromatic heterocycles. The zero-order chi connectivity index (χ0) is 10.1. The normalized spacial score (nSPS) is 12.8. The molecule has 3 heteroatoms. The summed E-state index contributed by atoms with van der Waals surface area (Å²) in [6.45, 7) is 5.58. The smallest absolute Gasteiger partial charge is 0.220 e. The number of rotatable bonds is 8. The summed E-state index contributed by atoms with van der Waals surface area (Å²) < 4.78 is 5.35. The Hall–Kier alpha value is -0.570.